The van der Waals surface area contributed by atoms with Crippen molar-refractivity contribution in [3.8, 4) is 17.8 Å². The molecule has 12 rings (SSSR count). The molecule has 19 heteroatoms. The molecule has 2 aromatic carbocycles. The molecular formula is C79H105FN10O8. The van der Waals surface area contributed by atoms with Gasteiger partial charge in [0.05, 0.1) is 28.5 Å². The average molecular weight is 1340 g/mol. The summed E-state index contributed by atoms with van der Waals surface area (Å²) in [6, 6.07) is 18.5. The van der Waals surface area contributed by atoms with Gasteiger partial charge >= 0.3 is 0 Å². The molecule has 0 spiro atoms. The number of rotatable bonds is 21. The molecule has 526 valence electrons. The first-order valence-electron chi connectivity index (χ1n) is 37.0. The fourth-order valence-electron chi connectivity index (χ4n) is 17.7. The van der Waals surface area contributed by atoms with Gasteiger partial charge in [0.2, 0.25) is 23.6 Å². The van der Waals surface area contributed by atoms with E-state index >= 15 is 0 Å². The van der Waals surface area contributed by atoms with Crippen molar-refractivity contribution in [3.63, 3.8) is 0 Å². The number of hydrogen-bond donors (Lipinski definition) is 5. The Kier molecular flexibility index (Phi) is 22.2. The van der Waals surface area contributed by atoms with Crippen molar-refractivity contribution < 1.29 is 43.3 Å². The third kappa shape index (κ3) is 16.8. The molecule has 2 saturated heterocycles. The summed E-state index contributed by atoms with van der Waals surface area (Å²) in [5.74, 6) is 1.60. The second-order valence-corrected chi connectivity index (χ2v) is 31.6. The molecule has 6 atom stereocenters. The van der Waals surface area contributed by atoms with E-state index in [1.54, 1.807) is 24.3 Å². The van der Waals surface area contributed by atoms with Gasteiger partial charge in [-0.1, -0.05) is 0 Å². The summed E-state index contributed by atoms with van der Waals surface area (Å²) in [5.41, 5.74) is 6.38. The zero-order chi connectivity index (χ0) is 69.0. The first-order chi connectivity index (χ1) is 47.0. The number of piperidine rings is 2. The number of nitriles is 1. The van der Waals surface area contributed by atoms with Crippen molar-refractivity contribution in [1.29, 1.82) is 5.26 Å². The number of nitrogens with zero attached hydrogens (tertiary/aromatic N) is 7. The molecule has 5 heterocycles. The summed E-state index contributed by atoms with van der Waals surface area (Å²) in [6.45, 7) is 19.7. The Labute approximate surface area is 579 Å². The number of allylic oxidation sites excluding steroid dienone is 2. The first kappa shape index (κ1) is 70.7. The number of carbonyl (C=O) groups excluding carboxylic acids is 4. The molecule has 4 amide bonds. The summed E-state index contributed by atoms with van der Waals surface area (Å²) in [4.78, 5) is 79.1. The lowest BCUT2D eigenvalue weighted by atomic mass is 9.60. The molecule has 4 saturated carbocycles. The van der Waals surface area contributed by atoms with Gasteiger partial charge in [0.1, 0.15) is 24.9 Å². The number of aliphatic hydroxyl groups is 2. The molecular weight excluding hydrogens is 1240 g/mol. The molecule has 18 nitrogen and oxygen atoms in total. The fourth-order valence-corrected chi connectivity index (χ4v) is 17.7. The Bertz CT molecular complexity index is 3580. The molecule has 0 bridgehead atoms. The number of carbonyl (C=O) groups is 4. The number of nitrogens with one attached hydrogen (secondary N) is 3. The molecule has 2 aromatic heterocycles. The van der Waals surface area contributed by atoms with Crippen molar-refractivity contribution in [3.05, 3.63) is 124 Å². The summed E-state index contributed by atoms with van der Waals surface area (Å²) < 4.78 is 27.1. The van der Waals surface area contributed by atoms with Crippen molar-refractivity contribution in [2.24, 2.45) is 64.2 Å². The Balaban J connectivity index is 0.768. The van der Waals surface area contributed by atoms with E-state index in [4.69, 9.17) is 24.4 Å². The number of fused-ring (bicyclic) bond motifs is 4. The zero-order valence-electron chi connectivity index (χ0n) is 58.9. The number of anilines is 1. The summed E-state index contributed by atoms with van der Waals surface area (Å²) in [6.07, 6.45) is 19.0. The molecule has 5 N–H and O–H groups in total. The van der Waals surface area contributed by atoms with Gasteiger partial charge < -0.3 is 40.5 Å². The number of pyridine rings is 2. The first-order valence-corrected chi connectivity index (χ1v) is 37.0. The van der Waals surface area contributed by atoms with E-state index in [1.807, 2.05) is 60.0 Å². The Hall–Kier alpha value is -7.11. The van der Waals surface area contributed by atoms with Crippen LogP contribution < -0.4 is 30.3 Å². The lowest BCUT2D eigenvalue weighted by Gasteiger charge is -2.47. The predicted molar refractivity (Wildman–Crippen MR) is 376 cm³/mol. The number of halogens is 1. The quantitative estimate of drug-likeness (QED) is 0.0522. The van der Waals surface area contributed by atoms with Crippen LogP contribution in [0.15, 0.2) is 89.3 Å². The second-order valence-electron chi connectivity index (χ2n) is 31.6. The van der Waals surface area contributed by atoms with Crippen LogP contribution in [0.3, 0.4) is 0 Å². The van der Waals surface area contributed by atoms with Crippen molar-refractivity contribution in [2.45, 2.75) is 200 Å². The van der Waals surface area contributed by atoms with Gasteiger partial charge in [-0.3, -0.25) is 29.0 Å². The molecule has 6 unspecified atom stereocenters. The highest BCUT2D eigenvalue weighted by Gasteiger charge is 2.47. The summed E-state index contributed by atoms with van der Waals surface area (Å²) in [5, 5.41) is 41.2. The maximum absolute atomic E-state index is 14.8. The summed E-state index contributed by atoms with van der Waals surface area (Å²) in [7, 11) is 0. The van der Waals surface area contributed by atoms with E-state index < -0.39 is 22.9 Å². The van der Waals surface area contributed by atoms with E-state index in [0.29, 0.717) is 80.2 Å². The largest absolute Gasteiger partial charge is 0.476 e. The number of amides is 4. The third-order valence-corrected chi connectivity index (χ3v) is 23.7. The summed E-state index contributed by atoms with van der Waals surface area (Å²) >= 11 is 0. The van der Waals surface area contributed by atoms with E-state index in [1.165, 1.54) is 35.4 Å². The highest BCUT2D eigenvalue weighted by atomic mass is 19.1. The van der Waals surface area contributed by atoms with Crippen molar-refractivity contribution >= 4 is 35.2 Å². The molecule has 8 aliphatic rings. The maximum Gasteiger partial charge on any atom is 0.278 e. The molecule has 3 aliphatic heterocycles. The van der Waals surface area contributed by atoms with E-state index in [0.717, 1.165) is 151 Å². The van der Waals surface area contributed by atoms with Crippen LogP contribution in [-0.4, -0.2) is 141 Å². The molecule has 0 radical (unpaired) electrons. The smallest absolute Gasteiger partial charge is 0.278 e. The number of aromatic nitrogens is 2. The highest BCUT2D eigenvalue weighted by Crippen LogP contribution is 2.52. The van der Waals surface area contributed by atoms with Crippen LogP contribution in [0.1, 0.15) is 194 Å². The minimum atomic E-state index is -0.700. The van der Waals surface area contributed by atoms with Crippen LogP contribution in [0.4, 0.5) is 10.1 Å². The standard InChI is InChI=1S/C79H105FN10O8/c1-48(2)84-74(91)53-14-12-51(13-15-53)67-42-57-43-69(97-36-34-88-30-26-62(27-31-88)78(4,5)95)82-46-60(57)41-59-40-58(71(59)72(67)86-76(93)52-10-8-50(45-81)9-11-52)38-49(3)85-75(92)55-18-23-65(24-19-55)90-68-44-70(98-37-35-89-32-28-63(29-33-89)79(6,7)96)83-47-61(68)39-56-20-25-66(56)73(90)87-77(94)54-16-21-64(80)22-17-54/h8-11,16-17,21-22,43-44,46-49,51,53,55-56,58-59,62-63,65-67,95-96H,12-15,18-20,23-42H2,1-7H3,(H,84,91)(H,85,92)(H,86,93). The van der Waals surface area contributed by atoms with Gasteiger partial charge in [0.15, 0.2) is 0 Å². The Morgan fingerprint density at radius 2 is 1.22 bits per heavy atom. The Morgan fingerprint density at radius 1 is 0.663 bits per heavy atom. The number of amidine groups is 1. The highest BCUT2D eigenvalue weighted by molar-refractivity contribution is 6.11. The average Bonchev–Trinajstić information content (AvgIpc) is 0.915. The number of likely N-dealkylation sites (tertiary alicyclic amines) is 2. The lowest BCUT2D eigenvalue weighted by Crippen LogP contribution is -2.50. The number of benzene rings is 2. The zero-order valence-corrected chi connectivity index (χ0v) is 58.9. The molecule has 4 aromatic rings. The lowest BCUT2D eigenvalue weighted by molar-refractivity contribution is -0.127. The molecule has 5 aliphatic carbocycles. The van der Waals surface area contributed by atoms with E-state index in [2.05, 4.69) is 49.7 Å². The normalized spacial score (nSPS) is 26.5. The molecule has 6 fully saturated rings. The number of hydrogen-bond acceptors (Lipinski definition) is 13. The maximum atomic E-state index is 14.8. The van der Waals surface area contributed by atoms with Crippen LogP contribution in [0.25, 0.3) is 0 Å². The van der Waals surface area contributed by atoms with Crippen molar-refractivity contribution in [2.75, 3.05) is 57.4 Å². The van der Waals surface area contributed by atoms with Crippen LogP contribution in [-0.2, 0) is 28.9 Å². The van der Waals surface area contributed by atoms with Gasteiger partial charge in [-0.15, -0.1) is 0 Å². The second kappa shape index (κ2) is 30.8. The fraction of sp³-hybridized carbons (Fsp3) is 0.620. The number of aliphatic imine (C=N–C) groups is 1. The Morgan fingerprint density at radius 3 is 1.80 bits per heavy atom. The number of ether oxygens (including phenoxy) is 2. The van der Waals surface area contributed by atoms with E-state index in [-0.39, 0.29) is 95.0 Å². The van der Waals surface area contributed by atoms with Gasteiger partial charge in [0.25, 0.3) is 11.8 Å². The van der Waals surface area contributed by atoms with Gasteiger partial charge in [-0.2, -0.15) is 10.3 Å². The monoisotopic (exact) mass is 1340 g/mol. The van der Waals surface area contributed by atoms with Gasteiger partial charge in [-0.25, -0.2) is 14.4 Å². The molecule has 98 heavy (non-hydrogen) atoms. The van der Waals surface area contributed by atoms with Crippen LogP contribution >= 0.6 is 0 Å². The third-order valence-electron chi connectivity index (χ3n) is 23.7. The van der Waals surface area contributed by atoms with Crippen molar-refractivity contribution in [1.82, 2.24) is 35.7 Å². The van der Waals surface area contributed by atoms with Gasteiger partial charge in [-0.05, 0) is 303 Å². The SMILES string of the molecule is CC(C)NC(=O)C1CCC(C2Cc3cc(OCCN4CCC(C(C)(C)O)CC4)ncc3CC3CC(CC(C)NC(=O)C4CCC(N5C(=NC(=O)c6ccc(F)cc6)C6CCC6Cc6cnc(OCCN7CCC(C(C)(C)O)CC7)cc65)CC4)C3=C2NC(=O)c2ccc(C#N)cc2)CC1. The predicted octanol–water partition coefficient (Wildman–Crippen LogP) is 11.4. The topological polar surface area (TPSA) is 235 Å². The van der Waals surface area contributed by atoms with E-state index in [9.17, 15) is 39.0 Å². The van der Waals surface area contributed by atoms with Crippen LogP contribution in [0, 0.1) is 76.3 Å². The van der Waals surface area contributed by atoms with Crippen LogP contribution in [0.2, 0.25) is 0 Å². The minimum absolute atomic E-state index is 0.0252. The minimum Gasteiger partial charge on any atom is -0.476 e. The van der Waals surface area contributed by atoms with Crippen LogP contribution in [0.5, 0.6) is 11.8 Å². The van der Waals surface area contributed by atoms with Gasteiger partial charge in [0, 0.05) is 96.2 Å².